The van der Waals surface area contributed by atoms with Crippen molar-refractivity contribution in [3.8, 4) is 0 Å². The molecule has 0 bridgehead atoms. The molecular weight excluding hydrogens is 232 g/mol. The minimum absolute atomic E-state index is 0.301. The summed E-state index contributed by atoms with van der Waals surface area (Å²) in [5.74, 6) is 0.395. The van der Waals surface area contributed by atoms with Crippen molar-refractivity contribution in [2.75, 3.05) is 26.2 Å². The Bertz CT molecular complexity index is 403. The third-order valence-electron chi connectivity index (χ3n) is 3.06. The Balaban J connectivity index is 2.00. The number of nitrogens with one attached hydrogen (secondary N) is 1. The first-order valence-electron chi connectivity index (χ1n) is 6.40. The van der Waals surface area contributed by atoms with Gasteiger partial charge in [0.1, 0.15) is 11.3 Å². The molecule has 1 aliphatic heterocycles. The first-order valence-corrected chi connectivity index (χ1v) is 6.40. The van der Waals surface area contributed by atoms with Crippen LogP contribution in [0.1, 0.15) is 30.0 Å². The van der Waals surface area contributed by atoms with Crippen LogP contribution in [0.15, 0.2) is 16.7 Å². The Morgan fingerprint density at radius 2 is 2.50 bits per heavy atom. The van der Waals surface area contributed by atoms with Gasteiger partial charge in [-0.25, -0.2) is 4.79 Å². The molecule has 0 aliphatic carbocycles. The third-order valence-corrected chi connectivity index (χ3v) is 3.06. The van der Waals surface area contributed by atoms with Crippen LogP contribution in [-0.2, 0) is 11.3 Å². The van der Waals surface area contributed by atoms with Crippen molar-refractivity contribution < 1.29 is 13.9 Å². The van der Waals surface area contributed by atoms with Gasteiger partial charge in [0.15, 0.2) is 0 Å². The number of rotatable bonds is 4. The quantitative estimate of drug-likeness (QED) is 0.817. The SMILES string of the molecule is CCOC(=O)c1ccoc1CN1CCN[C@H](C)C1. The van der Waals surface area contributed by atoms with Gasteiger partial charge >= 0.3 is 5.97 Å². The van der Waals surface area contributed by atoms with Crippen molar-refractivity contribution in [2.24, 2.45) is 0 Å². The highest BCUT2D eigenvalue weighted by Gasteiger charge is 2.21. The van der Waals surface area contributed by atoms with Crippen molar-refractivity contribution in [2.45, 2.75) is 26.4 Å². The van der Waals surface area contributed by atoms with Crippen LogP contribution in [0.25, 0.3) is 0 Å². The molecule has 0 radical (unpaired) electrons. The molecular formula is C13H20N2O3. The van der Waals surface area contributed by atoms with E-state index in [1.165, 1.54) is 0 Å². The number of carbonyl (C=O) groups excluding carboxylic acids is 1. The second kappa shape index (κ2) is 6.02. The van der Waals surface area contributed by atoms with Gasteiger partial charge in [0.05, 0.1) is 19.4 Å². The van der Waals surface area contributed by atoms with Crippen LogP contribution in [0.3, 0.4) is 0 Å². The van der Waals surface area contributed by atoms with Gasteiger partial charge < -0.3 is 14.5 Å². The number of carbonyl (C=O) groups is 1. The zero-order chi connectivity index (χ0) is 13.0. The van der Waals surface area contributed by atoms with Crippen LogP contribution in [0.5, 0.6) is 0 Å². The molecule has 1 atom stereocenters. The topological polar surface area (TPSA) is 54.7 Å². The fraction of sp³-hybridized carbons (Fsp3) is 0.615. The lowest BCUT2D eigenvalue weighted by molar-refractivity contribution is 0.0521. The van der Waals surface area contributed by atoms with Crippen LogP contribution >= 0.6 is 0 Å². The molecule has 1 aromatic heterocycles. The number of hydrogen-bond donors (Lipinski definition) is 1. The summed E-state index contributed by atoms with van der Waals surface area (Å²) in [6.07, 6.45) is 1.55. The van der Waals surface area contributed by atoms with Crippen LogP contribution in [0, 0.1) is 0 Å². The standard InChI is InChI=1S/C13H20N2O3/c1-3-17-13(16)11-4-7-18-12(11)9-15-6-5-14-10(2)8-15/h4,7,10,14H,3,5-6,8-9H2,1-2H3/t10-/m1/s1. The van der Waals surface area contributed by atoms with Gasteiger partial charge in [0.25, 0.3) is 0 Å². The van der Waals surface area contributed by atoms with E-state index >= 15 is 0 Å². The number of ether oxygens (including phenoxy) is 1. The molecule has 0 spiro atoms. The second-order valence-electron chi connectivity index (χ2n) is 4.57. The van der Waals surface area contributed by atoms with Crippen molar-refractivity contribution >= 4 is 5.97 Å². The second-order valence-corrected chi connectivity index (χ2v) is 4.57. The molecule has 1 fully saturated rings. The molecule has 1 aliphatic rings. The van der Waals surface area contributed by atoms with Gasteiger partial charge in [-0.2, -0.15) is 0 Å². The average Bonchev–Trinajstić information content (AvgIpc) is 2.77. The van der Waals surface area contributed by atoms with Gasteiger partial charge in [-0.1, -0.05) is 0 Å². The Morgan fingerprint density at radius 3 is 3.22 bits per heavy atom. The molecule has 0 aromatic carbocycles. The predicted octanol–water partition coefficient (Wildman–Crippen LogP) is 1.25. The highest BCUT2D eigenvalue weighted by Crippen LogP contribution is 2.15. The minimum atomic E-state index is -0.301. The van der Waals surface area contributed by atoms with Gasteiger partial charge in [0, 0.05) is 25.7 Å². The molecule has 5 heteroatoms. The number of esters is 1. The maximum absolute atomic E-state index is 11.7. The van der Waals surface area contributed by atoms with E-state index in [0.717, 1.165) is 19.6 Å². The Hall–Kier alpha value is -1.33. The van der Waals surface area contributed by atoms with Crippen molar-refractivity contribution in [1.82, 2.24) is 10.2 Å². The van der Waals surface area contributed by atoms with E-state index in [1.807, 2.05) is 0 Å². The molecule has 1 N–H and O–H groups in total. The van der Waals surface area contributed by atoms with Gasteiger partial charge in [-0.15, -0.1) is 0 Å². The van der Waals surface area contributed by atoms with Crippen molar-refractivity contribution in [1.29, 1.82) is 0 Å². The maximum Gasteiger partial charge on any atom is 0.341 e. The monoisotopic (exact) mass is 252 g/mol. The molecule has 2 heterocycles. The van der Waals surface area contributed by atoms with Gasteiger partial charge in [-0.3, -0.25) is 4.90 Å². The summed E-state index contributed by atoms with van der Waals surface area (Å²) in [5, 5.41) is 3.39. The number of nitrogens with zero attached hydrogens (tertiary/aromatic N) is 1. The summed E-state index contributed by atoms with van der Waals surface area (Å²) >= 11 is 0. The van der Waals surface area contributed by atoms with Crippen molar-refractivity contribution in [3.05, 3.63) is 23.7 Å². The summed E-state index contributed by atoms with van der Waals surface area (Å²) in [6.45, 7) is 7.89. The van der Waals surface area contributed by atoms with Crippen LogP contribution in [0.4, 0.5) is 0 Å². The highest BCUT2D eigenvalue weighted by molar-refractivity contribution is 5.90. The Morgan fingerprint density at radius 1 is 1.67 bits per heavy atom. The molecule has 100 valence electrons. The summed E-state index contributed by atoms with van der Waals surface area (Å²) in [7, 11) is 0. The zero-order valence-electron chi connectivity index (χ0n) is 10.9. The van der Waals surface area contributed by atoms with E-state index in [0.29, 0.717) is 30.5 Å². The summed E-state index contributed by atoms with van der Waals surface area (Å²) in [4.78, 5) is 14.0. The lowest BCUT2D eigenvalue weighted by atomic mass is 10.2. The lowest BCUT2D eigenvalue weighted by Crippen LogP contribution is -2.48. The molecule has 0 saturated carbocycles. The fourth-order valence-corrected chi connectivity index (χ4v) is 2.21. The zero-order valence-corrected chi connectivity index (χ0v) is 10.9. The fourth-order valence-electron chi connectivity index (χ4n) is 2.21. The van der Waals surface area contributed by atoms with Crippen LogP contribution < -0.4 is 5.32 Å². The number of piperazine rings is 1. The summed E-state index contributed by atoms with van der Waals surface area (Å²) in [5.41, 5.74) is 0.544. The molecule has 1 saturated heterocycles. The van der Waals surface area contributed by atoms with E-state index < -0.39 is 0 Å². The summed E-state index contributed by atoms with van der Waals surface area (Å²) in [6, 6.07) is 2.15. The molecule has 2 rings (SSSR count). The first-order chi connectivity index (χ1) is 8.70. The molecule has 0 unspecified atom stereocenters. The summed E-state index contributed by atoms with van der Waals surface area (Å²) < 4.78 is 10.4. The predicted molar refractivity (Wildman–Crippen MR) is 67.4 cm³/mol. The highest BCUT2D eigenvalue weighted by atomic mass is 16.5. The van der Waals surface area contributed by atoms with E-state index in [2.05, 4.69) is 17.1 Å². The first kappa shape index (κ1) is 13.1. The van der Waals surface area contributed by atoms with Gasteiger partial charge in [0.2, 0.25) is 0 Å². The van der Waals surface area contributed by atoms with E-state index in [9.17, 15) is 4.79 Å². The van der Waals surface area contributed by atoms with Crippen LogP contribution in [-0.4, -0.2) is 43.2 Å². The molecule has 5 nitrogen and oxygen atoms in total. The molecule has 18 heavy (non-hydrogen) atoms. The average molecular weight is 252 g/mol. The van der Waals surface area contributed by atoms with Crippen molar-refractivity contribution in [3.63, 3.8) is 0 Å². The normalized spacial score (nSPS) is 20.9. The van der Waals surface area contributed by atoms with E-state index in [1.54, 1.807) is 19.3 Å². The van der Waals surface area contributed by atoms with E-state index in [4.69, 9.17) is 9.15 Å². The minimum Gasteiger partial charge on any atom is -0.467 e. The van der Waals surface area contributed by atoms with Crippen LogP contribution in [0.2, 0.25) is 0 Å². The Kier molecular flexibility index (Phi) is 4.38. The lowest BCUT2D eigenvalue weighted by Gasteiger charge is -2.31. The number of hydrogen-bond acceptors (Lipinski definition) is 5. The van der Waals surface area contributed by atoms with Gasteiger partial charge in [-0.05, 0) is 19.9 Å². The Labute approximate surface area is 107 Å². The molecule has 0 amide bonds. The third kappa shape index (κ3) is 3.11. The maximum atomic E-state index is 11.7. The largest absolute Gasteiger partial charge is 0.467 e. The number of furan rings is 1. The smallest absolute Gasteiger partial charge is 0.341 e. The van der Waals surface area contributed by atoms with E-state index in [-0.39, 0.29) is 5.97 Å². The molecule has 1 aromatic rings.